The van der Waals surface area contributed by atoms with Crippen LogP contribution in [0.3, 0.4) is 0 Å². The van der Waals surface area contributed by atoms with Gasteiger partial charge in [0, 0.05) is 47.7 Å². The van der Waals surface area contributed by atoms with Gasteiger partial charge >= 0.3 is 6.18 Å². The highest BCUT2D eigenvalue weighted by atomic mass is 19.4. The Morgan fingerprint density at radius 3 is 2.80 bits per heavy atom. The third-order valence-electron chi connectivity index (χ3n) is 6.85. The maximum absolute atomic E-state index is 12.9. The van der Waals surface area contributed by atoms with Crippen LogP contribution >= 0.6 is 0 Å². The van der Waals surface area contributed by atoms with Gasteiger partial charge in [0.15, 0.2) is 11.3 Å². The van der Waals surface area contributed by atoms with E-state index in [0.29, 0.717) is 12.5 Å². The van der Waals surface area contributed by atoms with Gasteiger partial charge in [0.05, 0.1) is 30.0 Å². The molecule has 40 heavy (non-hydrogen) atoms. The number of nitrogens with zero attached hydrogens (tertiary/aromatic N) is 6. The van der Waals surface area contributed by atoms with Crippen LogP contribution in [0, 0.1) is 0 Å². The monoisotopic (exact) mass is 550 g/mol. The second kappa shape index (κ2) is 10.5. The lowest BCUT2D eigenvalue weighted by Crippen LogP contribution is -2.23. The molecule has 0 aliphatic heterocycles. The van der Waals surface area contributed by atoms with Gasteiger partial charge in [0.25, 0.3) is 5.91 Å². The number of hydrogen-bond acceptors (Lipinski definition) is 7. The van der Waals surface area contributed by atoms with Gasteiger partial charge in [-0.25, -0.2) is 0 Å². The van der Waals surface area contributed by atoms with E-state index in [1.165, 1.54) is 18.1 Å². The van der Waals surface area contributed by atoms with Crippen molar-refractivity contribution in [2.24, 2.45) is 0 Å². The normalized spacial score (nSPS) is 13.7. The van der Waals surface area contributed by atoms with E-state index in [1.54, 1.807) is 17.2 Å². The number of carbonyl (C=O) groups excluding carboxylic acids is 1. The van der Waals surface area contributed by atoms with Crippen LogP contribution in [0.2, 0.25) is 0 Å². The van der Waals surface area contributed by atoms with Gasteiger partial charge in [-0.05, 0) is 61.8 Å². The quantitative estimate of drug-likeness (QED) is 0.233. The topological polar surface area (TPSA) is 127 Å². The van der Waals surface area contributed by atoms with E-state index < -0.39 is 17.6 Å². The number of pyridine rings is 1. The molecular formula is C27H25F3N8O2. The summed E-state index contributed by atoms with van der Waals surface area (Å²) >= 11 is 0. The molecule has 5 heterocycles. The van der Waals surface area contributed by atoms with Crippen LogP contribution in [0.25, 0.3) is 22.2 Å². The fraction of sp³-hybridized carbons (Fsp3) is 0.333. The first kappa shape index (κ1) is 25.7. The average Bonchev–Trinajstić information content (AvgIpc) is 3.30. The van der Waals surface area contributed by atoms with Gasteiger partial charge in [-0.15, -0.1) is 10.2 Å². The third-order valence-corrected chi connectivity index (χ3v) is 6.85. The number of H-pyrrole nitrogens is 1. The van der Waals surface area contributed by atoms with Crippen LogP contribution in [0.1, 0.15) is 64.6 Å². The van der Waals surface area contributed by atoms with Gasteiger partial charge < -0.3 is 14.7 Å². The van der Waals surface area contributed by atoms with Crippen LogP contribution < -0.4 is 5.32 Å². The number of alkyl halides is 3. The number of aromatic nitrogens is 7. The van der Waals surface area contributed by atoms with Crippen molar-refractivity contribution in [1.82, 2.24) is 40.5 Å². The number of rotatable bonds is 10. The largest absolute Gasteiger partial charge is 0.472 e. The predicted octanol–water partition coefficient (Wildman–Crippen LogP) is 5.05. The van der Waals surface area contributed by atoms with E-state index in [0.717, 1.165) is 72.2 Å². The SMILES string of the molecule is O=C(NCc1cncc(C(F)(F)F)c1)c1cn(CCCCc2cc3c(-c4ccoc4)c(C4CC4)[nH]c3nn2)nn1. The molecule has 5 aromatic rings. The molecule has 206 valence electrons. The van der Waals surface area contributed by atoms with Crippen molar-refractivity contribution in [3.05, 3.63) is 77.5 Å². The highest BCUT2D eigenvalue weighted by molar-refractivity contribution is 5.96. The van der Waals surface area contributed by atoms with Gasteiger partial charge in [0.2, 0.25) is 0 Å². The second-order valence-corrected chi connectivity index (χ2v) is 9.88. The molecule has 0 atom stereocenters. The highest BCUT2D eigenvalue weighted by Gasteiger charge is 2.31. The molecule has 13 heteroatoms. The third kappa shape index (κ3) is 5.58. The molecule has 2 N–H and O–H groups in total. The van der Waals surface area contributed by atoms with Crippen LogP contribution in [0.4, 0.5) is 13.2 Å². The van der Waals surface area contributed by atoms with Crippen molar-refractivity contribution < 1.29 is 22.4 Å². The van der Waals surface area contributed by atoms with Crippen molar-refractivity contribution in [2.75, 3.05) is 0 Å². The smallest absolute Gasteiger partial charge is 0.417 e. The summed E-state index contributed by atoms with van der Waals surface area (Å²) in [5.41, 5.74) is 4.48. The van der Waals surface area contributed by atoms with Crippen molar-refractivity contribution in [2.45, 2.75) is 57.3 Å². The van der Waals surface area contributed by atoms with Crippen molar-refractivity contribution >= 4 is 16.9 Å². The van der Waals surface area contributed by atoms with E-state index in [9.17, 15) is 18.0 Å². The Bertz CT molecular complexity index is 1640. The van der Waals surface area contributed by atoms with E-state index in [4.69, 9.17) is 4.42 Å². The second-order valence-electron chi connectivity index (χ2n) is 9.88. The first-order valence-corrected chi connectivity index (χ1v) is 13.0. The predicted molar refractivity (Wildman–Crippen MR) is 137 cm³/mol. The zero-order valence-corrected chi connectivity index (χ0v) is 21.3. The summed E-state index contributed by atoms with van der Waals surface area (Å²) in [4.78, 5) is 19.4. The maximum atomic E-state index is 12.9. The zero-order chi connectivity index (χ0) is 27.7. The molecule has 0 unspecified atom stereocenters. The van der Waals surface area contributed by atoms with Gasteiger partial charge in [-0.1, -0.05) is 5.21 Å². The molecule has 0 radical (unpaired) electrons. The van der Waals surface area contributed by atoms with Crippen LogP contribution in [0.5, 0.6) is 0 Å². The Morgan fingerprint density at radius 2 is 2.02 bits per heavy atom. The number of nitrogens with one attached hydrogen (secondary N) is 2. The Balaban J connectivity index is 1.02. The molecule has 1 amide bonds. The molecule has 1 fully saturated rings. The van der Waals surface area contributed by atoms with Crippen LogP contribution in [0.15, 0.2) is 53.7 Å². The fourth-order valence-electron chi connectivity index (χ4n) is 4.67. The fourth-order valence-corrected chi connectivity index (χ4v) is 4.67. The lowest BCUT2D eigenvalue weighted by atomic mass is 10.0. The van der Waals surface area contributed by atoms with Gasteiger partial charge in [-0.2, -0.15) is 18.3 Å². The summed E-state index contributed by atoms with van der Waals surface area (Å²) in [6.07, 6.45) is 7.11. The zero-order valence-electron chi connectivity index (χ0n) is 21.3. The molecule has 10 nitrogen and oxygen atoms in total. The summed E-state index contributed by atoms with van der Waals surface area (Å²) in [5, 5.41) is 20.3. The van der Waals surface area contributed by atoms with E-state index in [2.05, 4.69) is 41.9 Å². The Morgan fingerprint density at radius 1 is 1.15 bits per heavy atom. The number of hydrogen-bond donors (Lipinski definition) is 2. The Hall–Kier alpha value is -4.55. The van der Waals surface area contributed by atoms with Gasteiger partial charge in [0.1, 0.15) is 0 Å². The van der Waals surface area contributed by atoms with Crippen molar-refractivity contribution in [1.29, 1.82) is 0 Å². The first-order valence-electron chi connectivity index (χ1n) is 13.0. The molecule has 1 aliphatic carbocycles. The molecule has 0 spiro atoms. The molecule has 0 bridgehead atoms. The van der Waals surface area contributed by atoms with Crippen molar-refractivity contribution in [3.63, 3.8) is 0 Å². The lowest BCUT2D eigenvalue weighted by Gasteiger charge is -2.08. The van der Waals surface area contributed by atoms with E-state index in [-0.39, 0.29) is 17.8 Å². The molecule has 6 rings (SSSR count). The standard InChI is InChI=1S/C27H25F3N8O2/c28-27(29,30)19-9-16(11-31-13-19)12-32-26(39)22-14-38(37-35-22)7-2-1-3-20-10-21-23(18-6-8-40-15-18)24(17-4-5-17)33-25(21)36-34-20/h6,8-11,13-15,17H,1-5,7,12H2,(H,32,39)(H,33,36). The number of aryl methyl sites for hydroxylation is 2. The summed E-state index contributed by atoms with van der Waals surface area (Å²) in [6, 6.07) is 5.00. The summed E-state index contributed by atoms with van der Waals surface area (Å²) in [5.74, 6) is -0.00692. The molecule has 1 aliphatic rings. The lowest BCUT2D eigenvalue weighted by molar-refractivity contribution is -0.137. The minimum atomic E-state index is -4.50. The Kier molecular flexibility index (Phi) is 6.78. The number of unbranched alkanes of at least 4 members (excludes halogenated alkanes) is 1. The Labute approximate surface area is 226 Å². The summed E-state index contributed by atoms with van der Waals surface area (Å²) in [6.45, 7) is 0.434. The number of carbonyl (C=O) groups is 1. The minimum absolute atomic E-state index is 0.0851. The number of amides is 1. The van der Waals surface area contributed by atoms with Crippen molar-refractivity contribution in [3.8, 4) is 11.1 Å². The maximum Gasteiger partial charge on any atom is 0.417 e. The number of halogens is 3. The number of aromatic amines is 1. The minimum Gasteiger partial charge on any atom is -0.472 e. The van der Waals surface area contributed by atoms with E-state index in [1.807, 2.05) is 6.07 Å². The highest BCUT2D eigenvalue weighted by Crippen LogP contribution is 2.46. The van der Waals surface area contributed by atoms with Crippen LogP contribution in [-0.4, -0.2) is 41.1 Å². The first-order chi connectivity index (χ1) is 19.3. The molecular weight excluding hydrogens is 525 g/mol. The van der Waals surface area contributed by atoms with Gasteiger partial charge in [-0.3, -0.25) is 14.5 Å². The summed E-state index contributed by atoms with van der Waals surface area (Å²) < 4.78 is 45.5. The average molecular weight is 551 g/mol. The number of fused-ring (bicyclic) bond motifs is 1. The number of furan rings is 1. The molecule has 0 saturated heterocycles. The molecule has 1 saturated carbocycles. The molecule has 5 aromatic heterocycles. The van der Waals surface area contributed by atoms with Crippen LogP contribution in [-0.2, 0) is 25.7 Å². The van der Waals surface area contributed by atoms with E-state index >= 15 is 0 Å². The summed E-state index contributed by atoms with van der Waals surface area (Å²) in [7, 11) is 0. The molecule has 0 aromatic carbocycles.